The first-order valence-electron chi connectivity index (χ1n) is 4.69. The third-order valence-electron chi connectivity index (χ3n) is 1.64. The zero-order valence-corrected chi connectivity index (χ0v) is 10.1. The van der Waals surface area contributed by atoms with E-state index in [1.807, 2.05) is 30.3 Å². The van der Waals surface area contributed by atoms with Gasteiger partial charge in [0.1, 0.15) is 5.75 Å². The Kier molecular flexibility index (Phi) is 5.18. The Morgan fingerprint density at radius 2 is 2.07 bits per heavy atom. The molecule has 0 N–H and O–H groups in total. The van der Waals surface area contributed by atoms with Gasteiger partial charge in [0.05, 0.1) is 6.42 Å². The van der Waals surface area contributed by atoms with E-state index in [0.29, 0.717) is 17.5 Å². The fraction of sp³-hybridized carbons (Fsp3) is 0.364. The maximum absolute atomic E-state index is 11.1. The molecule has 0 bridgehead atoms. The minimum Gasteiger partial charge on any atom is -0.455 e. The summed E-state index contributed by atoms with van der Waals surface area (Å²) in [6.07, 6.45) is -0.207. The molecular weight excluding hydrogens is 260 g/mol. The number of alkyl halides is 1. The van der Waals surface area contributed by atoms with Gasteiger partial charge in [-0.3, -0.25) is 4.79 Å². The van der Waals surface area contributed by atoms with Gasteiger partial charge in [0, 0.05) is 12.3 Å². The van der Waals surface area contributed by atoms with Crippen LogP contribution >= 0.6 is 15.9 Å². The standard InChI is InChI=1S/C11H13BrO3/c1-9(15-11(13)7-8-12)14-10-5-3-2-4-6-10/h2-6,9H,7-8H2,1H3. The summed E-state index contributed by atoms with van der Waals surface area (Å²) in [7, 11) is 0. The maximum Gasteiger partial charge on any atom is 0.309 e. The number of ether oxygens (including phenoxy) is 2. The van der Waals surface area contributed by atoms with Gasteiger partial charge in [0.25, 0.3) is 0 Å². The summed E-state index contributed by atoms with van der Waals surface area (Å²) in [6.45, 7) is 1.69. The van der Waals surface area contributed by atoms with Crippen molar-refractivity contribution >= 4 is 21.9 Å². The predicted molar refractivity (Wildman–Crippen MR) is 61.0 cm³/mol. The third-order valence-corrected chi connectivity index (χ3v) is 2.04. The summed E-state index contributed by atoms with van der Waals surface area (Å²) < 4.78 is 10.4. The molecule has 0 saturated carbocycles. The van der Waals surface area contributed by atoms with Crippen LogP contribution in [0.1, 0.15) is 13.3 Å². The Labute approximate surface area is 97.5 Å². The number of halogens is 1. The number of hydrogen-bond acceptors (Lipinski definition) is 3. The van der Waals surface area contributed by atoms with Crippen LogP contribution in [0, 0.1) is 0 Å². The van der Waals surface area contributed by atoms with Crippen molar-refractivity contribution in [2.45, 2.75) is 19.6 Å². The highest BCUT2D eigenvalue weighted by molar-refractivity contribution is 9.09. The molecule has 0 spiro atoms. The quantitative estimate of drug-likeness (QED) is 0.470. The smallest absolute Gasteiger partial charge is 0.309 e. The number of benzene rings is 1. The average molecular weight is 273 g/mol. The first kappa shape index (κ1) is 12.0. The van der Waals surface area contributed by atoms with Crippen LogP contribution in [0.25, 0.3) is 0 Å². The van der Waals surface area contributed by atoms with Crippen LogP contribution in [0.2, 0.25) is 0 Å². The third kappa shape index (κ3) is 4.83. The van der Waals surface area contributed by atoms with Gasteiger partial charge < -0.3 is 9.47 Å². The molecule has 1 rings (SSSR count). The molecule has 82 valence electrons. The lowest BCUT2D eigenvalue weighted by molar-refractivity contribution is -0.160. The largest absolute Gasteiger partial charge is 0.455 e. The van der Waals surface area contributed by atoms with E-state index < -0.39 is 6.29 Å². The Balaban J connectivity index is 2.36. The minimum absolute atomic E-state index is 0.268. The normalized spacial score (nSPS) is 11.9. The molecule has 0 aliphatic carbocycles. The highest BCUT2D eigenvalue weighted by Gasteiger charge is 2.09. The van der Waals surface area contributed by atoms with Crippen molar-refractivity contribution in [3.05, 3.63) is 30.3 Å². The van der Waals surface area contributed by atoms with E-state index in [9.17, 15) is 4.79 Å². The molecule has 1 atom stereocenters. The molecule has 1 aromatic carbocycles. The maximum atomic E-state index is 11.1. The van der Waals surface area contributed by atoms with Gasteiger partial charge in [0.2, 0.25) is 6.29 Å². The summed E-state index contributed by atoms with van der Waals surface area (Å²) in [5.41, 5.74) is 0. The van der Waals surface area contributed by atoms with Crippen molar-refractivity contribution < 1.29 is 14.3 Å². The van der Waals surface area contributed by atoms with Crippen molar-refractivity contribution in [1.29, 1.82) is 0 Å². The van der Waals surface area contributed by atoms with E-state index in [-0.39, 0.29) is 5.97 Å². The van der Waals surface area contributed by atoms with Gasteiger partial charge in [0.15, 0.2) is 0 Å². The average Bonchev–Trinajstić information content (AvgIpc) is 2.19. The van der Waals surface area contributed by atoms with Crippen LogP contribution in [0.5, 0.6) is 5.75 Å². The van der Waals surface area contributed by atoms with Crippen LogP contribution in [0.4, 0.5) is 0 Å². The van der Waals surface area contributed by atoms with E-state index in [2.05, 4.69) is 15.9 Å². The fourth-order valence-corrected chi connectivity index (χ4v) is 1.36. The Morgan fingerprint density at radius 3 is 2.67 bits per heavy atom. The molecule has 0 aliphatic rings. The van der Waals surface area contributed by atoms with Crippen molar-refractivity contribution in [1.82, 2.24) is 0 Å². The number of hydrogen-bond donors (Lipinski definition) is 0. The van der Waals surface area contributed by atoms with Gasteiger partial charge in [-0.15, -0.1) is 0 Å². The van der Waals surface area contributed by atoms with Crippen molar-refractivity contribution in [2.75, 3.05) is 5.33 Å². The first-order chi connectivity index (χ1) is 7.22. The second kappa shape index (κ2) is 6.45. The number of para-hydroxylation sites is 1. The van der Waals surface area contributed by atoms with Gasteiger partial charge in [-0.05, 0) is 12.1 Å². The molecule has 0 heterocycles. The van der Waals surface area contributed by atoms with E-state index in [1.54, 1.807) is 6.92 Å². The molecule has 4 heteroatoms. The van der Waals surface area contributed by atoms with Crippen LogP contribution in [0.15, 0.2) is 30.3 Å². The van der Waals surface area contributed by atoms with Crippen molar-refractivity contribution in [3.8, 4) is 5.75 Å². The Bertz CT molecular complexity index is 300. The molecule has 1 unspecified atom stereocenters. The molecule has 0 amide bonds. The minimum atomic E-state index is -0.557. The van der Waals surface area contributed by atoms with Gasteiger partial charge in [-0.25, -0.2) is 0 Å². The van der Waals surface area contributed by atoms with Crippen LogP contribution in [-0.4, -0.2) is 17.6 Å². The lowest BCUT2D eigenvalue weighted by atomic mass is 10.3. The zero-order chi connectivity index (χ0) is 11.1. The van der Waals surface area contributed by atoms with E-state index in [0.717, 1.165) is 0 Å². The van der Waals surface area contributed by atoms with Gasteiger partial charge >= 0.3 is 5.97 Å². The summed E-state index contributed by atoms with van der Waals surface area (Å²) in [6, 6.07) is 9.25. The van der Waals surface area contributed by atoms with Crippen LogP contribution in [-0.2, 0) is 9.53 Å². The Morgan fingerprint density at radius 1 is 1.40 bits per heavy atom. The van der Waals surface area contributed by atoms with Crippen LogP contribution < -0.4 is 4.74 Å². The highest BCUT2D eigenvalue weighted by Crippen LogP contribution is 2.11. The van der Waals surface area contributed by atoms with Crippen molar-refractivity contribution in [2.24, 2.45) is 0 Å². The number of carbonyl (C=O) groups excluding carboxylic acids is 1. The molecule has 0 aromatic heterocycles. The number of rotatable bonds is 5. The summed E-state index contributed by atoms with van der Waals surface area (Å²) in [4.78, 5) is 11.1. The summed E-state index contributed by atoms with van der Waals surface area (Å²) in [5, 5.41) is 0.601. The second-order valence-electron chi connectivity index (χ2n) is 2.93. The molecule has 0 radical (unpaired) electrons. The topological polar surface area (TPSA) is 35.5 Å². The lowest BCUT2D eigenvalue weighted by Gasteiger charge is -2.14. The van der Waals surface area contributed by atoms with Gasteiger partial charge in [-0.1, -0.05) is 34.1 Å². The Hall–Kier alpha value is -1.03. The van der Waals surface area contributed by atoms with E-state index in [4.69, 9.17) is 9.47 Å². The molecule has 15 heavy (non-hydrogen) atoms. The van der Waals surface area contributed by atoms with E-state index in [1.165, 1.54) is 0 Å². The fourth-order valence-electron chi connectivity index (χ4n) is 1.04. The summed E-state index contributed by atoms with van der Waals surface area (Å²) in [5.74, 6) is 0.423. The number of carbonyl (C=O) groups is 1. The first-order valence-corrected chi connectivity index (χ1v) is 5.81. The van der Waals surface area contributed by atoms with Crippen LogP contribution in [0.3, 0.4) is 0 Å². The second-order valence-corrected chi connectivity index (χ2v) is 3.72. The van der Waals surface area contributed by atoms with Crippen molar-refractivity contribution in [3.63, 3.8) is 0 Å². The molecule has 3 nitrogen and oxygen atoms in total. The van der Waals surface area contributed by atoms with Gasteiger partial charge in [-0.2, -0.15) is 0 Å². The molecule has 0 aliphatic heterocycles. The predicted octanol–water partition coefficient (Wildman–Crippen LogP) is 2.74. The molecular formula is C11H13BrO3. The molecule has 1 aromatic rings. The van der Waals surface area contributed by atoms with E-state index >= 15 is 0 Å². The molecule has 0 saturated heterocycles. The lowest BCUT2D eigenvalue weighted by Crippen LogP contribution is -2.20. The SMILES string of the molecule is CC(OC(=O)CCBr)Oc1ccccc1. The summed E-state index contributed by atoms with van der Waals surface area (Å²) >= 11 is 3.17. The monoisotopic (exact) mass is 272 g/mol. The number of esters is 1. The highest BCUT2D eigenvalue weighted by atomic mass is 79.9. The molecule has 0 fully saturated rings. The zero-order valence-electron chi connectivity index (χ0n) is 8.48.